The highest BCUT2D eigenvalue weighted by atomic mass is 33.1. The zero-order valence-electron chi connectivity index (χ0n) is 19.0. The van der Waals surface area contributed by atoms with Gasteiger partial charge in [-0.15, -0.1) is 0 Å². The zero-order chi connectivity index (χ0) is 22.1. The fourth-order valence-corrected chi connectivity index (χ4v) is 12.5. The van der Waals surface area contributed by atoms with Crippen molar-refractivity contribution in [1.29, 1.82) is 0 Å². The topological polar surface area (TPSA) is 71.1 Å². The molecule has 0 rings (SSSR count). The molecule has 0 aliphatic carbocycles. The Morgan fingerprint density at radius 2 is 0.786 bits per heavy atom. The van der Waals surface area contributed by atoms with Crippen LogP contribution in [0, 0.1) is 0 Å². The molecule has 0 spiro atoms. The molecule has 0 aliphatic heterocycles. The maximum atomic E-state index is 13.5. The van der Waals surface area contributed by atoms with Gasteiger partial charge >= 0.3 is 15.2 Å². The van der Waals surface area contributed by atoms with E-state index in [0.29, 0.717) is 12.8 Å². The lowest BCUT2D eigenvalue weighted by Gasteiger charge is -2.31. The predicted octanol–water partition coefficient (Wildman–Crippen LogP) is 7.93. The molecule has 10 heteroatoms. The second-order valence-corrected chi connectivity index (χ2v) is 15.2. The van der Waals surface area contributed by atoms with Crippen molar-refractivity contribution >= 4 is 36.8 Å². The molecule has 0 unspecified atom stereocenters. The second kappa shape index (κ2) is 13.4. The third-order valence-corrected chi connectivity index (χ3v) is 14.1. The summed E-state index contributed by atoms with van der Waals surface area (Å²) in [5.74, 6) is 0. The van der Waals surface area contributed by atoms with Crippen molar-refractivity contribution in [2.24, 2.45) is 0 Å². The summed E-state index contributed by atoms with van der Waals surface area (Å²) in [4.78, 5) is -0.745. The van der Waals surface area contributed by atoms with Crippen LogP contribution in [-0.2, 0) is 27.2 Å². The molecule has 0 bridgehead atoms. The summed E-state index contributed by atoms with van der Waals surface area (Å²) < 4.78 is 49.9. The Hall–Kier alpha value is 1.000. The molecule has 6 nitrogen and oxygen atoms in total. The highest BCUT2D eigenvalue weighted by Gasteiger charge is 2.42. The Labute approximate surface area is 180 Å². The minimum Gasteiger partial charge on any atom is -0.305 e. The van der Waals surface area contributed by atoms with Gasteiger partial charge in [-0.25, -0.2) is 0 Å². The van der Waals surface area contributed by atoms with Crippen LogP contribution in [0.15, 0.2) is 0 Å². The largest absolute Gasteiger partial charge is 0.344 e. The molecule has 0 heterocycles. The third-order valence-electron chi connectivity index (χ3n) is 3.11. The molecule has 0 aromatic heterocycles. The number of hydrogen-bond donors (Lipinski definition) is 0. The first-order valence-corrected chi connectivity index (χ1v) is 15.5. The van der Waals surface area contributed by atoms with Crippen LogP contribution in [-0.4, -0.2) is 34.4 Å². The first-order valence-electron chi connectivity index (χ1n) is 10.0. The van der Waals surface area contributed by atoms with E-state index in [1.807, 2.05) is 69.2 Å². The minimum atomic E-state index is -3.35. The molecule has 0 N–H and O–H groups in total. The summed E-state index contributed by atoms with van der Waals surface area (Å²) in [6.07, 6.45) is 0.338. The Bertz CT molecular complexity index is 454. The summed E-state index contributed by atoms with van der Waals surface area (Å²) >= 11 is 0. The van der Waals surface area contributed by atoms with E-state index in [0.717, 1.165) is 0 Å². The molecule has 2 atom stereocenters. The molecule has 0 amide bonds. The van der Waals surface area contributed by atoms with Crippen LogP contribution in [0.2, 0.25) is 0 Å². The summed E-state index contributed by atoms with van der Waals surface area (Å²) in [7, 11) is -3.90. The van der Waals surface area contributed by atoms with Crippen molar-refractivity contribution in [2.75, 3.05) is 0 Å². The van der Waals surface area contributed by atoms with Crippen molar-refractivity contribution in [3.05, 3.63) is 0 Å². The Kier molecular flexibility index (Phi) is 13.9. The van der Waals surface area contributed by atoms with Gasteiger partial charge in [0.05, 0.1) is 24.4 Å². The second-order valence-electron chi connectivity index (χ2n) is 7.61. The van der Waals surface area contributed by atoms with Crippen molar-refractivity contribution in [3.63, 3.8) is 0 Å². The first-order chi connectivity index (χ1) is 12.8. The molecule has 0 saturated heterocycles. The Morgan fingerprint density at radius 3 is 0.929 bits per heavy atom. The van der Waals surface area contributed by atoms with Crippen LogP contribution in [0.1, 0.15) is 82.1 Å². The molecule has 0 fully saturated rings. The van der Waals surface area contributed by atoms with E-state index in [-0.39, 0.29) is 34.4 Å². The van der Waals surface area contributed by atoms with Gasteiger partial charge < -0.3 is 18.1 Å². The lowest BCUT2D eigenvalue weighted by molar-refractivity contribution is 0.139. The van der Waals surface area contributed by atoms with E-state index in [9.17, 15) is 9.13 Å². The molecule has 0 saturated carbocycles. The zero-order valence-corrected chi connectivity index (χ0v) is 22.5. The van der Waals surface area contributed by atoms with Gasteiger partial charge in [0.15, 0.2) is 0 Å². The van der Waals surface area contributed by atoms with E-state index >= 15 is 0 Å². The first kappa shape index (κ1) is 29.0. The molecular formula is C18H40O6P2S2. The van der Waals surface area contributed by atoms with Crippen molar-refractivity contribution in [3.8, 4) is 0 Å². The molecule has 0 aromatic rings. The standard InChI is InChI=1S/C18H40O6P2S2/c1-11-17(25(19,21-13(3)4)22-14(5)6)27-28-18(12-2)26(20,23-15(7)8)24-16(9)10/h13-18H,11-12H2,1-10H3/t17-,18-/m0/s1. The average molecular weight is 479 g/mol. The van der Waals surface area contributed by atoms with E-state index in [2.05, 4.69) is 0 Å². The summed E-state index contributed by atoms with van der Waals surface area (Å²) in [6.45, 7) is 18.7. The fraction of sp³-hybridized carbons (Fsp3) is 1.00. The maximum Gasteiger partial charge on any atom is 0.344 e. The van der Waals surface area contributed by atoms with Crippen molar-refractivity contribution in [1.82, 2.24) is 0 Å². The van der Waals surface area contributed by atoms with Crippen LogP contribution in [0.3, 0.4) is 0 Å². The van der Waals surface area contributed by atoms with Crippen LogP contribution >= 0.6 is 36.8 Å². The quantitative estimate of drug-likeness (QED) is 0.174. The minimum absolute atomic E-state index is 0.217. The highest BCUT2D eigenvalue weighted by molar-refractivity contribution is 8.78. The van der Waals surface area contributed by atoms with Crippen molar-refractivity contribution in [2.45, 2.75) is 116 Å². The number of hydrogen-bond acceptors (Lipinski definition) is 8. The third kappa shape index (κ3) is 10.3. The normalized spacial score (nSPS) is 15.8. The smallest absolute Gasteiger partial charge is 0.305 e. The van der Waals surface area contributed by atoms with Crippen LogP contribution in [0.5, 0.6) is 0 Å². The van der Waals surface area contributed by atoms with Crippen molar-refractivity contribution < 1.29 is 27.2 Å². The van der Waals surface area contributed by atoms with Gasteiger partial charge in [0.1, 0.15) is 9.98 Å². The highest BCUT2D eigenvalue weighted by Crippen LogP contribution is 2.67. The summed E-state index contributed by atoms with van der Waals surface area (Å²) in [5.41, 5.74) is 0. The van der Waals surface area contributed by atoms with Crippen LogP contribution in [0.4, 0.5) is 0 Å². The van der Waals surface area contributed by atoms with Gasteiger partial charge in [-0.3, -0.25) is 9.13 Å². The van der Waals surface area contributed by atoms with Gasteiger partial charge in [-0.05, 0) is 68.2 Å². The average Bonchev–Trinajstić information content (AvgIpc) is 2.47. The molecule has 170 valence electrons. The van der Waals surface area contributed by atoms with E-state index in [1.54, 1.807) is 0 Å². The molecule has 28 heavy (non-hydrogen) atoms. The Balaban J connectivity index is 5.50. The molecule has 0 radical (unpaired) electrons. The Morgan fingerprint density at radius 1 is 0.571 bits per heavy atom. The monoisotopic (exact) mass is 478 g/mol. The van der Waals surface area contributed by atoms with Gasteiger partial charge in [0.25, 0.3) is 0 Å². The van der Waals surface area contributed by atoms with Crippen LogP contribution in [0.25, 0.3) is 0 Å². The van der Waals surface area contributed by atoms with Gasteiger partial charge in [0, 0.05) is 0 Å². The SMILES string of the molecule is CC[C@H](SS[C@@H](CC)P(=O)(OC(C)C)OC(C)C)P(=O)(OC(C)C)OC(C)C. The summed E-state index contributed by atoms with van der Waals surface area (Å²) in [5, 5.41) is 0. The maximum absolute atomic E-state index is 13.5. The predicted molar refractivity (Wildman–Crippen MR) is 123 cm³/mol. The fourth-order valence-electron chi connectivity index (χ4n) is 2.31. The molecular weight excluding hydrogens is 438 g/mol. The molecule has 0 aromatic carbocycles. The van der Waals surface area contributed by atoms with Crippen LogP contribution < -0.4 is 0 Å². The van der Waals surface area contributed by atoms with E-state index < -0.39 is 15.2 Å². The van der Waals surface area contributed by atoms with Gasteiger partial charge in [0.2, 0.25) is 0 Å². The van der Waals surface area contributed by atoms with Gasteiger partial charge in [-0.1, -0.05) is 35.4 Å². The van der Waals surface area contributed by atoms with Gasteiger partial charge in [-0.2, -0.15) is 0 Å². The summed E-state index contributed by atoms with van der Waals surface area (Å²) in [6, 6.07) is 0. The lowest BCUT2D eigenvalue weighted by atomic mass is 10.5. The number of rotatable bonds is 15. The molecule has 0 aliphatic rings. The van der Waals surface area contributed by atoms with E-state index in [4.69, 9.17) is 18.1 Å². The lowest BCUT2D eigenvalue weighted by Crippen LogP contribution is -2.17. The van der Waals surface area contributed by atoms with E-state index in [1.165, 1.54) is 21.6 Å².